The summed E-state index contributed by atoms with van der Waals surface area (Å²) in [6, 6.07) is 11.8. The molecule has 1 heterocycles. The molecule has 3 aromatic rings. The van der Waals surface area contributed by atoms with Gasteiger partial charge in [-0.15, -0.1) is 5.10 Å². The molecule has 11 heteroatoms. The average molecular weight is 399 g/mol. The number of nitrogens with one attached hydrogen (secondary N) is 1. The molecule has 0 saturated heterocycles. The number of rotatable bonds is 6. The number of carbonyl (C=O) groups excluding carboxylic acids is 2. The molecule has 1 N–H and O–H groups in total. The van der Waals surface area contributed by atoms with Gasteiger partial charge in [-0.3, -0.25) is 14.9 Å². The van der Waals surface area contributed by atoms with Crippen LogP contribution in [0.3, 0.4) is 0 Å². The predicted molar refractivity (Wildman–Crippen MR) is 98.1 cm³/mol. The van der Waals surface area contributed by atoms with Crippen LogP contribution in [-0.4, -0.2) is 38.4 Å². The molecule has 0 unspecified atom stereocenters. The molecule has 0 spiro atoms. The first-order valence-electron chi connectivity index (χ1n) is 8.25. The molecule has 29 heavy (non-hydrogen) atoms. The average Bonchev–Trinajstić information content (AvgIpc) is 3.10. The van der Waals surface area contributed by atoms with E-state index < -0.39 is 34.9 Å². The summed E-state index contributed by atoms with van der Waals surface area (Å²) < 4.78 is 18.2. The maximum Gasteiger partial charge on any atom is 0.361 e. The number of aryl methyl sites for hydroxylation is 1. The van der Waals surface area contributed by atoms with E-state index in [-0.39, 0.29) is 11.4 Å². The van der Waals surface area contributed by atoms with Gasteiger partial charge in [-0.1, -0.05) is 18.2 Å². The Kier molecular flexibility index (Phi) is 5.58. The molecule has 148 valence electrons. The van der Waals surface area contributed by atoms with E-state index in [1.165, 1.54) is 4.80 Å². The minimum Gasteiger partial charge on any atom is -0.451 e. The number of ether oxygens (including phenoxy) is 1. The van der Waals surface area contributed by atoms with Crippen molar-refractivity contribution in [1.29, 1.82) is 0 Å². The number of halogens is 1. The van der Waals surface area contributed by atoms with Crippen LogP contribution >= 0.6 is 0 Å². The minimum atomic E-state index is -1.03. The summed E-state index contributed by atoms with van der Waals surface area (Å²) in [6.07, 6.45) is 0. The van der Waals surface area contributed by atoms with Crippen molar-refractivity contribution in [3.05, 3.63) is 75.9 Å². The van der Waals surface area contributed by atoms with E-state index in [9.17, 15) is 24.1 Å². The van der Waals surface area contributed by atoms with Crippen LogP contribution < -0.4 is 5.32 Å². The van der Waals surface area contributed by atoms with E-state index >= 15 is 0 Å². The van der Waals surface area contributed by atoms with Crippen molar-refractivity contribution in [2.45, 2.75) is 6.92 Å². The van der Waals surface area contributed by atoms with Crippen molar-refractivity contribution in [2.24, 2.45) is 0 Å². The van der Waals surface area contributed by atoms with Crippen LogP contribution in [0.15, 0.2) is 48.5 Å². The van der Waals surface area contributed by atoms with Gasteiger partial charge in [-0.2, -0.15) is 14.3 Å². The molecule has 1 aromatic heterocycles. The molecule has 0 saturated carbocycles. The number of benzene rings is 2. The summed E-state index contributed by atoms with van der Waals surface area (Å²) in [5.74, 6) is -2.64. The van der Waals surface area contributed by atoms with E-state index in [2.05, 4.69) is 15.5 Å². The Bertz CT molecular complexity index is 1080. The van der Waals surface area contributed by atoms with Gasteiger partial charge < -0.3 is 10.1 Å². The van der Waals surface area contributed by atoms with Crippen molar-refractivity contribution >= 4 is 23.3 Å². The number of amides is 1. The highest BCUT2D eigenvalue weighted by Crippen LogP contribution is 2.21. The van der Waals surface area contributed by atoms with Crippen LogP contribution in [0.2, 0.25) is 0 Å². The summed E-state index contributed by atoms with van der Waals surface area (Å²) in [5.41, 5.74) is 0.107. The lowest BCUT2D eigenvalue weighted by atomic mass is 10.2. The summed E-state index contributed by atoms with van der Waals surface area (Å²) in [5, 5.41) is 21.2. The molecule has 0 fully saturated rings. The van der Waals surface area contributed by atoms with E-state index in [1.54, 1.807) is 31.2 Å². The van der Waals surface area contributed by atoms with Gasteiger partial charge in [-0.25, -0.2) is 4.79 Å². The first-order chi connectivity index (χ1) is 13.8. The number of carbonyl (C=O) groups is 2. The van der Waals surface area contributed by atoms with Crippen LogP contribution in [0.25, 0.3) is 5.69 Å². The summed E-state index contributed by atoms with van der Waals surface area (Å²) in [7, 11) is 0. The van der Waals surface area contributed by atoms with Gasteiger partial charge in [0.1, 0.15) is 0 Å². The van der Waals surface area contributed by atoms with Crippen molar-refractivity contribution in [1.82, 2.24) is 15.0 Å². The highest BCUT2D eigenvalue weighted by Gasteiger charge is 2.20. The van der Waals surface area contributed by atoms with Gasteiger partial charge in [-0.05, 0) is 31.2 Å². The maximum absolute atomic E-state index is 13.3. The maximum atomic E-state index is 13.3. The first-order valence-corrected chi connectivity index (χ1v) is 8.25. The van der Waals surface area contributed by atoms with Crippen LogP contribution in [0.5, 0.6) is 0 Å². The third-order valence-electron chi connectivity index (χ3n) is 3.72. The first kappa shape index (κ1) is 19.6. The van der Waals surface area contributed by atoms with Gasteiger partial charge in [0, 0.05) is 11.8 Å². The second kappa shape index (κ2) is 8.25. The molecule has 10 nitrogen and oxygen atoms in total. The van der Waals surface area contributed by atoms with Gasteiger partial charge in [0.15, 0.2) is 12.3 Å². The third-order valence-corrected chi connectivity index (χ3v) is 3.72. The Morgan fingerprint density at radius 2 is 1.93 bits per heavy atom. The van der Waals surface area contributed by atoms with E-state index in [4.69, 9.17) is 4.74 Å². The fraction of sp³-hybridized carbons (Fsp3) is 0.111. The normalized spacial score (nSPS) is 10.4. The number of esters is 1. The quantitative estimate of drug-likeness (QED) is 0.383. The number of nitrogens with zero attached hydrogens (tertiary/aromatic N) is 4. The van der Waals surface area contributed by atoms with E-state index in [1.807, 2.05) is 6.07 Å². The number of nitro benzene ring substituents is 1. The van der Waals surface area contributed by atoms with Gasteiger partial charge >= 0.3 is 11.7 Å². The van der Waals surface area contributed by atoms with Crippen LogP contribution in [-0.2, 0) is 9.53 Å². The number of hydrogen-bond donors (Lipinski definition) is 1. The zero-order valence-electron chi connectivity index (χ0n) is 15.0. The third kappa shape index (κ3) is 4.58. The standard InChI is InChI=1S/C18H14FN5O5/c1-11-17(22-23(21-11)13-5-3-2-4-6-13)18(26)29-10-16(25)20-12-7-8-14(19)15(9-12)24(27)28/h2-9H,10H2,1H3,(H,20,25). The fourth-order valence-corrected chi connectivity index (χ4v) is 2.37. The highest BCUT2D eigenvalue weighted by molar-refractivity contribution is 5.95. The Labute approximate surface area is 163 Å². The highest BCUT2D eigenvalue weighted by atomic mass is 19.1. The fourth-order valence-electron chi connectivity index (χ4n) is 2.37. The molecule has 0 aliphatic rings. The van der Waals surface area contributed by atoms with E-state index in [0.29, 0.717) is 11.4 Å². The van der Waals surface area contributed by atoms with E-state index in [0.717, 1.165) is 18.2 Å². The lowest BCUT2D eigenvalue weighted by Gasteiger charge is -2.06. The molecule has 2 aromatic carbocycles. The monoisotopic (exact) mass is 399 g/mol. The SMILES string of the molecule is Cc1nn(-c2ccccc2)nc1C(=O)OCC(=O)Nc1ccc(F)c([N+](=O)[O-])c1. The summed E-state index contributed by atoms with van der Waals surface area (Å²) >= 11 is 0. The molecular formula is C18H14FN5O5. The van der Waals surface area contributed by atoms with Crippen molar-refractivity contribution < 1.29 is 23.6 Å². The van der Waals surface area contributed by atoms with Crippen molar-refractivity contribution in [2.75, 3.05) is 11.9 Å². The van der Waals surface area contributed by atoms with Crippen molar-refractivity contribution in [3.63, 3.8) is 0 Å². The predicted octanol–water partition coefficient (Wildman–Crippen LogP) is 2.42. The number of anilines is 1. The Morgan fingerprint density at radius 3 is 2.62 bits per heavy atom. The topological polar surface area (TPSA) is 129 Å². The smallest absolute Gasteiger partial charge is 0.361 e. The van der Waals surface area contributed by atoms with Crippen LogP contribution in [0.4, 0.5) is 15.8 Å². The lowest BCUT2D eigenvalue weighted by Crippen LogP contribution is -2.21. The molecule has 0 radical (unpaired) electrons. The minimum absolute atomic E-state index is 0.00893. The summed E-state index contributed by atoms with van der Waals surface area (Å²) in [4.78, 5) is 35.2. The number of nitro groups is 1. The number of para-hydroxylation sites is 1. The largest absolute Gasteiger partial charge is 0.451 e. The Morgan fingerprint density at radius 1 is 1.21 bits per heavy atom. The zero-order chi connectivity index (χ0) is 21.0. The molecule has 1 amide bonds. The Balaban J connectivity index is 1.62. The molecular weight excluding hydrogens is 385 g/mol. The summed E-state index contributed by atoms with van der Waals surface area (Å²) in [6.45, 7) is 0.905. The molecule has 0 aliphatic heterocycles. The molecule has 0 aliphatic carbocycles. The lowest BCUT2D eigenvalue weighted by molar-refractivity contribution is -0.387. The Hall–Kier alpha value is -4.15. The second-order valence-corrected chi connectivity index (χ2v) is 5.81. The molecule has 3 rings (SSSR count). The molecule has 0 atom stereocenters. The van der Waals surface area contributed by atoms with Crippen molar-refractivity contribution in [3.8, 4) is 5.69 Å². The molecule has 0 bridgehead atoms. The van der Waals surface area contributed by atoms with Gasteiger partial charge in [0.25, 0.3) is 5.91 Å². The van der Waals surface area contributed by atoms with Crippen LogP contribution in [0, 0.1) is 22.9 Å². The zero-order valence-corrected chi connectivity index (χ0v) is 15.0. The number of hydrogen-bond acceptors (Lipinski definition) is 7. The van der Waals surface area contributed by atoms with Crippen LogP contribution in [0.1, 0.15) is 16.2 Å². The van der Waals surface area contributed by atoms with Gasteiger partial charge in [0.2, 0.25) is 5.82 Å². The number of aromatic nitrogens is 3. The second-order valence-electron chi connectivity index (χ2n) is 5.81. The van der Waals surface area contributed by atoms with Gasteiger partial charge in [0.05, 0.1) is 16.3 Å².